The summed E-state index contributed by atoms with van der Waals surface area (Å²) in [5, 5.41) is 11.0. The quantitative estimate of drug-likeness (QED) is 0.666. The Hall–Kier alpha value is -1.56. The second kappa shape index (κ2) is 4.54. The topological polar surface area (TPSA) is 47.9 Å². The van der Waals surface area contributed by atoms with E-state index in [4.69, 9.17) is 14.2 Å². The monoisotopic (exact) mass is 330 g/mol. The molecule has 5 heteroatoms. The molecule has 5 rings (SSSR count). The summed E-state index contributed by atoms with van der Waals surface area (Å²) in [7, 11) is 5.37. The van der Waals surface area contributed by atoms with Crippen molar-refractivity contribution < 1.29 is 24.1 Å². The number of likely N-dealkylation sites (N-methyl/N-ethyl adjacent to an activating group) is 1. The highest BCUT2D eigenvalue weighted by Crippen LogP contribution is 2.63. The van der Waals surface area contributed by atoms with Crippen LogP contribution in [0.1, 0.15) is 17.5 Å². The third-order valence-electron chi connectivity index (χ3n) is 6.86. The van der Waals surface area contributed by atoms with Crippen LogP contribution in [-0.4, -0.2) is 55.9 Å². The van der Waals surface area contributed by atoms with Crippen molar-refractivity contribution in [3.8, 4) is 11.5 Å². The van der Waals surface area contributed by atoms with Gasteiger partial charge in [0.05, 0.1) is 19.6 Å². The summed E-state index contributed by atoms with van der Waals surface area (Å²) in [6, 6.07) is 4.31. The molecule has 5 nitrogen and oxygen atoms in total. The lowest BCUT2D eigenvalue weighted by Crippen LogP contribution is -2.70. The summed E-state index contributed by atoms with van der Waals surface area (Å²) in [6.45, 7) is 0.737. The van der Waals surface area contributed by atoms with Gasteiger partial charge in [0.25, 0.3) is 0 Å². The Balaban J connectivity index is 1.80. The lowest BCUT2D eigenvalue weighted by Gasteiger charge is -2.56. The standard InChI is InChI=1S/C19H24NO4/c1-20(21)9-8-19-12-5-7-15(23-3)18(19)24-17-14(22-2)6-4-11(16(17)19)10-13(12)20/h4-7,12-13,15,18,21H,8-10H2,1-3H3/q+1. The normalized spacial score (nSPS) is 44.0. The molecule has 2 aliphatic carbocycles. The van der Waals surface area contributed by atoms with Gasteiger partial charge >= 0.3 is 0 Å². The Morgan fingerprint density at radius 3 is 2.88 bits per heavy atom. The molecule has 0 aromatic heterocycles. The first-order valence-electron chi connectivity index (χ1n) is 8.69. The summed E-state index contributed by atoms with van der Waals surface area (Å²) in [6.07, 6.45) is 6.02. The molecule has 128 valence electrons. The number of piperidine rings is 1. The van der Waals surface area contributed by atoms with E-state index in [0.717, 1.165) is 30.9 Å². The Bertz CT molecular complexity index is 743. The average Bonchev–Trinajstić information content (AvgIpc) is 2.93. The molecule has 0 amide bonds. The number of ether oxygens (including phenoxy) is 3. The van der Waals surface area contributed by atoms with Crippen LogP contribution < -0.4 is 9.47 Å². The minimum Gasteiger partial charge on any atom is -0.493 e. The number of quaternary nitrogens is 1. The highest BCUT2D eigenvalue weighted by Gasteiger charge is 2.68. The average molecular weight is 330 g/mol. The number of nitrogens with zero attached hydrogens (tertiary/aromatic N) is 1. The number of hydroxylamine groups is 3. The zero-order valence-electron chi connectivity index (χ0n) is 14.4. The van der Waals surface area contributed by atoms with Crippen molar-refractivity contribution in [1.82, 2.24) is 0 Å². The van der Waals surface area contributed by atoms with Crippen molar-refractivity contribution in [3.63, 3.8) is 0 Å². The molecule has 2 aliphatic heterocycles. The van der Waals surface area contributed by atoms with E-state index in [9.17, 15) is 5.21 Å². The van der Waals surface area contributed by atoms with Gasteiger partial charge in [0.2, 0.25) is 0 Å². The van der Waals surface area contributed by atoms with Crippen LogP contribution in [0.2, 0.25) is 0 Å². The number of hydrogen-bond acceptors (Lipinski definition) is 4. The van der Waals surface area contributed by atoms with E-state index in [1.54, 1.807) is 14.2 Å². The van der Waals surface area contributed by atoms with Gasteiger partial charge in [0.15, 0.2) is 11.5 Å². The van der Waals surface area contributed by atoms with Crippen LogP contribution in [0.4, 0.5) is 0 Å². The van der Waals surface area contributed by atoms with Crippen molar-refractivity contribution in [2.45, 2.75) is 36.5 Å². The Kier molecular flexibility index (Phi) is 2.79. The molecule has 1 fully saturated rings. The minimum absolute atomic E-state index is 0.0503. The second-order valence-corrected chi connectivity index (χ2v) is 7.78. The van der Waals surface area contributed by atoms with Gasteiger partial charge in [-0.3, -0.25) is 0 Å². The predicted octanol–water partition coefficient (Wildman–Crippen LogP) is 2.06. The van der Waals surface area contributed by atoms with Gasteiger partial charge in [-0.1, -0.05) is 18.2 Å². The molecule has 1 spiro atoms. The molecule has 24 heavy (non-hydrogen) atoms. The van der Waals surface area contributed by atoms with Crippen LogP contribution in [0.15, 0.2) is 24.3 Å². The first kappa shape index (κ1) is 14.8. The molecule has 2 bridgehead atoms. The van der Waals surface area contributed by atoms with Crippen molar-refractivity contribution in [3.05, 3.63) is 35.4 Å². The maximum Gasteiger partial charge on any atom is 0.165 e. The van der Waals surface area contributed by atoms with Gasteiger partial charge in [0.1, 0.15) is 24.8 Å². The summed E-state index contributed by atoms with van der Waals surface area (Å²) in [4.78, 5) is 0. The first-order chi connectivity index (χ1) is 11.5. The maximum atomic E-state index is 11.0. The molecule has 1 saturated heterocycles. The third kappa shape index (κ3) is 1.51. The van der Waals surface area contributed by atoms with Gasteiger partial charge in [0, 0.05) is 31.4 Å². The fourth-order valence-corrected chi connectivity index (χ4v) is 5.73. The zero-order chi connectivity index (χ0) is 16.7. The van der Waals surface area contributed by atoms with Gasteiger partial charge < -0.3 is 14.2 Å². The van der Waals surface area contributed by atoms with Crippen LogP contribution in [0.3, 0.4) is 0 Å². The second-order valence-electron chi connectivity index (χ2n) is 7.78. The third-order valence-corrected chi connectivity index (χ3v) is 6.86. The molecule has 1 aromatic rings. The van der Waals surface area contributed by atoms with E-state index in [-0.39, 0.29) is 34.2 Å². The van der Waals surface area contributed by atoms with E-state index in [1.165, 1.54) is 11.1 Å². The van der Waals surface area contributed by atoms with Crippen molar-refractivity contribution >= 4 is 0 Å². The van der Waals surface area contributed by atoms with Gasteiger partial charge in [-0.15, -0.1) is 0 Å². The molecular formula is C19H24NO4+. The van der Waals surface area contributed by atoms with Crippen LogP contribution in [0, 0.1) is 5.92 Å². The maximum absolute atomic E-state index is 11.0. The molecule has 0 saturated carbocycles. The molecule has 0 radical (unpaired) electrons. The molecular weight excluding hydrogens is 306 g/mol. The lowest BCUT2D eigenvalue weighted by atomic mass is 9.53. The minimum atomic E-state index is -0.113. The van der Waals surface area contributed by atoms with Crippen molar-refractivity contribution in [2.75, 3.05) is 27.8 Å². The number of methoxy groups -OCH3 is 2. The number of likely N-dealkylation sites (tertiary alicyclic amines) is 1. The number of hydrogen-bond donors (Lipinski definition) is 1. The summed E-state index contributed by atoms with van der Waals surface area (Å²) in [5.41, 5.74) is 2.48. The van der Waals surface area contributed by atoms with E-state index < -0.39 is 0 Å². The van der Waals surface area contributed by atoms with Gasteiger partial charge in [-0.05, 0) is 11.6 Å². The molecule has 2 heterocycles. The Morgan fingerprint density at radius 2 is 2.12 bits per heavy atom. The summed E-state index contributed by atoms with van der Waals surface area (Å²) < 4.78 is 17.9. The van der Waals surface area contributed by atoms with E-state index in [1.807, 2.05) is 13.1 Å². The SMILES string of the molecule is COc1ccc2c3c1OC1C(OC)C=CC4C(C2)[N+](C)(O)CCC341. The van der Waals surface area contributed by atoms with E-state index >= 15 is 0 Å². The van der Waals surface area contributed by atoms with Crippen LogP contribution in [0.5, 0.6) is 11.5 Å². The number of benzene rings is 1. The number of rotatable bonds is 2. The van der Waals surface area contributed by atoms with Crippen molar-refractivity contribution in [2.24, 2.45) is 5.92 Å². The highest BCUT2D eigenvalue weighted by molar-refractivity contribution is 5.61. The first-order valence-corrected chi connectivity index (χ1v) is 8.69. The fourth-order valence-electron chi connectivity index (χ4n) is 5.73. The Morgan fingerprint density at radius 1 is 1.29 bits per heavy atom. The summed E-state index contributed by atoms with van der Waals surface area (Å²) >= 11 is 0. The molecule has 6 unspecified atom stereocenters. The van der Waals surface area contributed by atoms with Crippen LogP contribution >= 0.6 is 0 Å². The van der Waals surface area contributed by atoms with Gasteiger partial charge in [-0.2, -0.15) is 4.65 Å². The van der Waals surface area contributed by atoms with Gasteiger partial charge in [-0.25, -0.2) is 5.21 Å². The lowest BCUT2D eigenvalue weighted by molar-refractivity contribution is -1.11. The Labute approximate surface area is 142 Å². The van der Waals surface area contributed by atoms with E-state index in [2.05, 4.69) is 18.2 Å². The summed E-state index contributed by atoms with van der Waals surface area (Å²) in [5.74, 6) is 1.96. The molecule has 4 aliphatic rings. The smallest absolute Gasteiger partial charge is 0.165 e. The molecule has 1 aromatic carbocycles. The van der Waals surface area contributed by atoms with E-state index in [0.29, 0.717) is 0 Å². The fraction of sp³-hybridized carbons (Fsp3) is 0.579. The van der Waals surface area contributed by atoms with Crippen LogP contribution in [-0.2, 0) is 16.6 Å². The predicted molar refractivity (Wildman–Crippen MR) is 87.5 cm³/mol. The van der Waals surface area contributed by atoms with Crippen molar-refractivity contribution in [1.29, 1.82) is 0 Å². The molecule has 1 N–H and O–H groups in total. The zero-order valence-corrected chi connectivity index (χ0v) is 14.4. The van der Waals surface area contributed by atoms with Crippen LogP contribution in [0.25, 0.3) is 0 Å². The highest BCUT2D eigenvalue weighted by atomic mass is 16.6. The largest absolute Gasteiger partial charge is 0.493 e. The molecule has 6 atom stereocenters.